The second-order valence-electron chi connectivity index (χ2n) is 8.99. The third-order valence-corrected chi connectivity index (χ3v) is 11.4. The number of fused-ring (bicyclic) bond motifs is 1. The molecule has 1 aromatic carbocycles. The predicted molar refractivity (Wildman–Crippen MR) is 137 cm³/mol. The molecule has 2 unspecified atom stereocenters. The largest absolute Gasteiger partial charge is 0.491 e. The molecule has 0 spiro atoms. The first-order chi connectivity index (χ1) is 18.8. The Balaban J connectivity index is 1.82. The second kappa shape index (κ2) is 12.5. The Morgan fingerprint density at radius 3 is 2.07 bits per heavy atom. The van der Waals surface area contributed by atoms with Crippen LogP contribution in [0.4, 0.5) is 32.3 Å². The monoisotopic (exact) mass is 651 g/mol. The third-order valence-electron chi connectivity index (χ3n) is 4.96. The summed E-state index contributed by atoms with van der Waals surface area (Å²) in [5, 5.41) is 0.317. The molecule has 0 amide bonds. The van der Waals surface area contributed by atoms with Gasteiger partial charge in [-0.15, -0.1) is 0 Å². The fourth-order valence-electron chi connectivity index (χ4n) is 3.58. The van der Waals surface area contributed by atoms with E-state index in [1.165, 1.54) is 22.7 Å². The number of hydrogen-bond donors (Lipinski definition) is 3. The zero-order valence-corrected chi connectivity index (χ0v) is 23.9. The lowest BCUT2D eigenvalue weighted by molar-refractivity contribution is -0.108. The Hall–Kier alpha value is -2.36. The molecule has 0 aliphatic heterocycles. The highest BCUT2D eigenvalue weighted by atomic mass is 32.2. The summed E-state index contributed by atoms with van der Waals surface area (Å²) in [5.41, 5.74) is 3.01. The molecule has 2 atom stereocenters. The van der Waals surface area contributed by atoms with E-state index in [2.05, 4.69) is 15.0 Å². The number of hydrogen-bond acceptors (Lipinski definition) is 9. The van der Waals surface area contributed by atoms with Crippen molar-refractivity contribution in [2.75, 3.05) is 24.7 Å². The first-order valence-electron chi connectivity index (χ1n) is 11.6. The van der Waals surface area contributed by atoms with Gasteiger partial charge in [0.25, 0.3) is 0 Å². The van der Waals surface area contributed by atoms with Crippen LogP contribution in [0.5, 0.6) is 5.75 Å². The number of aromatic nitrogens is 4. The van der Waals surface area contributed by atoms with E-state index in [1.54, 1.807) is 24.3 Å². The van der Waals surface area contributed by atoms with Crippen LogP contribution in [0.2, 0.25) is 0 Å². The van der Waals surface area contributed by atoms with E-state index < -0.39 is 58.2 Å². The van der Waals surface area contributed by atoms with Crippen LogP contribution in [0, 0.1) is 0 Å². The number of alkyl halides is 6. The Kier molecular flexibility index (Phi) is 10.1. The van der Waals surface area contributed by atoms with Crippen molar-refractivity contribution in [3.05, 3.63) is 30.6 Å². The standard InChI is InChI=1S/C21H25F6N5O6P2S/c1-12(2)38-13-3-5-14(6-4-13)41-17-15-16(30-18(28)31-17)32(11-29-15)7-8-37-19(39(33,34)9-20(22,23)24)40(35,36)10-21(25,26)27/h3-6,11-12,19H,7-10H2,1-2H3,(H,33,34)(H,35,36)(H2,28,30,31). The molecule has 2 aromatic heterocycles. The van der Waals surface area contributed by atoms with E-state index in [1.807, 2.05) is 13.8 Å². The lowest BCUT2D eigenvalue weighted by atomic mass is 10.3. The van der Waals surface area contributed by atoms with Gasteiger partial charge in [0.1, 0.15) is 28.6 Å². The predicted octanol–water partition coefficient (Wildman–Crippen LogP) is 5.31. The molecule has 228 valence electrons. The van der Waals surface area contributed by atoms with Crippen LogP contribution < -0.4 is 10.5 Å². The van der Waals surface area contributed by atoms with Crippen molar-refractivity contribution >= 4 is 43.6 Å². The van der Waals surface area contributed by atoms with Crippen molar-refractivity contribution in [1.29, 1.82) is 0 Å². The fraction of sp³-hybridized carbons (Fsp3) is 0.476. The van der Waals surface area contributed by atoms with Crippen molar-refractivity contribution in [3.8, 4) is 5.75 Å². The third kappa shape index (κ3) is 9.58. The molecular formula is C21H25F6N5O6P2S. The van der Waals surface area contributed by atoms with Gasteiger partial charge in [-0.1, -0.05) is 11.8 Å². The van der Waals surface area contributed by atoms with Gasteiger partial charge < -0.3 is 29.6 Å². The van der Waals surface area contributed by atoms with E-state index in [9.17, 15) is 45.3 Å². The number of anilines is 1. The molecule has 3 aromatic rings. The molecule has 0 aliphatic carbocycles. The summed E-state index contributed by atoms with van der Waals surface area (Å²) in [6.07, 6.45) is -14.5. The Morgan fingerprint density at radius 1 is 1.00 bits per heavy atom. The average Bonchev–Trinajstić information content (AvgIpc) is 3.17. The van der Waals surface area contributed by atoms with Gasteiger partial charge in [-0.2, -0.15) is 31.3 Å². The minimum Gasteiger partial charge on any atom is -0.491 e. The molecule has 3 rings (SSSR count). The number of imidazole rings is 1. The second-order valence-corrected chi connectivity index (χ2v) is 15.1. The van der Waals surface area contributed by atoms with Gasteiger partial charge in [0.05, 0.1) is 19.0 Å². The first-order valence-corrected chi connectivity index (χ1v) is 16.2. The quantitative estimate of drug-likeness (QED) is 0.132. The molecule has 0 saturated heterocycles. The summed E-state index contributed by atoms with van der Waals surface area (Å²) < 4.78 is 113. The summed E-state index contributed by atoms with van der Waals surface area (Å²) in [6, 6.07) is 7.01. The van der Waals surface area contributed by atoms with Crippen molar-refractivity contribution < 1.29 is 54.7 Å². The van der Waals surface area contributed by atoms with E-state index in [4.69, 9.17) is 15.2 Å². The van der Waals surface area contributed by atoms with Gasteiger partial charge in [0.15, 0.2) is 5.65 Å². The van der Waals surface area contributed by atoms with Gasteiger partial charge in [-0.3, -0.25) is 9.13 Å². The molecule has 0 aliphatic rings. The topological polar surface area (TPSA) is 163 Å². The van der Waals surface area contributed by atoms with Gasteiger partial charge in [0, 0.05) is 11.4 Å². The molecule has 2 heterocycles. The number of nitrogens with zero attached hydrogens (tertiary/aromatic N) is 4. The number of halogens is 6. The average molecular weight is 651 g/mol. The van der Waals surface area contributed by atoms with Crippen LogP contribution in [0.15, 0.2) is 40.5 Å². The van der Waals surface area contributed by atoms with Crippen LogP contribution in [-0.2, 0) is 20.4 Å². The highest BCUT2D eigenvalue weighted by Crippen LogP contribution is 2.67. The van der Waals surface area contributed by atoms with Crippen LogP contribution in [0.3, 0.4) is 0 Å². The normalized spacial score (nSPS) is 16.5. The van der Waals surface area contributed by atoms with Crippen LogP contribution in [0.1, 0.15) is 13.8 Å². The Labute approximate surface area is 233 Å². The minimum atomic E-state index is -5.80. The van der Waals surface area contributed by atoms with Gasteiger partial charge >= 0.3 is 12.4 Å². The molecular weight excluding hydrogens is 626 g/mol. The summed E-state index contributed by atoms with van der Waals surface area (Å²) in [4.78, 5) is 32.9. The maximum Gasteiger partial charge on any atom is 0.398 e. The lowest BCUT2D eigenvalue weighted by Gasteiger charge is -2.28. The van der Waals surface area contributed by atoms with Crippen LogP contribution in [-0.4, -0.2) is 72.3 Å². The number of nitrogen functional groups attached to an aromatic ring is 1. The number of benzene rings is 1. The van der Waals surface area contributed by atoms with E-state index >= 15 is 0 Å². The summed E-state index contributed by atoms with van der Waals surface area (Å²) in [6.45, 7) is 2.51. The SMILES string of the molecule is CC(C)Oc1ccc(Sc2nc(N)nc3c2ncn3CCOC(P(=O)(O)CC(F)(F)F)P(=O)(O)CC(F)(F)F)cc1. The molecule has 0 radical (unpaired) electrons. The van der Waals surface area contributed by atoms with Gasteiger partial charge in [-0.05, 0) is 38.1 Å². The van der Waals surface area contributed by atoms with E-state index in [-0.39, 0.29) is 23.2 Å². The number of rotatable bonds is 12. The lowest BCUT2D eigenvalue weighted by Crippen LogP contribution is -2.27. The van der Waals surface area contributed by atoms with E-state index in [0.717, 1.165) is 4.90 Å². The van der Waals surface area contributed by atoms with Crippen LogP contribution >= 0.6 is 26.5 Å². The first kappa shape index (κ1) is 33.1. The fourth-order valence-corrected chi connectivity index (χ4v) is 9.22. The zero-order valence-electron chi connectivity index (χ0n) is 21.3. The van der Waals surface area contributed by atoms with Gasteiger partial charge in [0.2, 0.25) is 26.3 Å². The molecule has 4 N–H and O–H groups in total. The number of nitrogens with two attached hydrogens (primary N) is 1. The maximum absolute atomic E-state index is 12.8. The van der Waals surface area contributed by atoms with Crippen molar-refractivity contribution in [2.24, 2.45) is 0 Å². The highest BCUT2D eigenvalue weighted by molar-refractivity contribution is 7.99. The molecule has 0 saturated carbocycles. The summed E-state index contributed by atoms with van der Waals surface area (Å²) in [7, 11) is -11.6. The Morgan fingerprint density at radius 2 is 1.56 bits per heavy atom. The molecule has 20 heteroatoms. The summed E-state index contributed by atoms with van der Waals surface area (Å²) >= 11 is 1.17. The van der Waals surface area contributed by atoms with Crippen molar-refractivity contribution in [1.82, 2.24) is 19.5 Å². The van der Waals surface area contributed by atoms with Gasteiger partial charge in [-0.25, -0.2) is 9.97 Å². The number of ether oxygens (including phenoxy) is 2. The molecule has 41 heavy (non-hydrogen) atoms. The van der Waals surface area contributed by atoms with Crippen molar-refractivity contribution in [3.63, 3.8) is 0 Å². The zero-order chi connectivity index (χ0) is 30.8. The molecule has 11 nitrogen and oxygen atoms in total. The van der Waals surface area contributed by atoms with Crippen molar-refractivity contribution in [2.45, 2.75) is 54.4 Å². The minimum absolute atomic E-state index is 0.0269. The summed E-state index contributed by atoms with van der Waals surface area (Å²) in [5.74, 6) is 0.458. The highest BCUT2D eigenvalue weighted by Gasteiger charge is 2.54. The van der Waals surface area contributed by atoms with E-state index in [0.29, 0.717) is 10.8 Å². The maximum atomic E-state index is 12.8. The smallest absolute Gasteiger partial charge is 0.398 e. The molecule has 0 bridgehead atoms. The molecule has 0 fully saturated rings. The Bertz CT molecular complexity index is 1420. The van der Waals surface area contributed by atoms with Crippen LogP contribution in [0.25, 0.3) is 11.2 Å².